The number of nitrogens with zero attached hydrogens (tertiary/aromatic N) is 12. The van der Waals surface area contributed by atoms with Gasteiger partial charge in [0.05, 0.1) is 0 Å². The van der Waals surface area contributed by atoms with Crippen LogP contribution in [-0.2, 0) is 68.3 Å². The SMILES string of the molecule is C(=Nc1ccccc1)[N-]c1ccccc1.C(=Nc1ccccc1)[N-]c1ccccc1.C(=Nc1ccccc1)[N-]c1ccccc1.C(=Nc1ccccc1)[N-]c1ccccc1.C(=Nc1ccccc1)[N-]c1ccccc1.C(=Nc1ccccc1)[N-]c1ccccc1.[Fe+2].[Fe+2].[Fe].[Fe].c1ccccc1. The van der Waals surface area contributed by atoms with E-state index >= 15 is 0 Å². The van der Waals surface area contributed by atoms with Gasteiger partial charge in [0.25, 0.3) is 0 Å². The predicted molar refractivity (Wildman–Crippen MR) is 411 cm³/mol. The maximum Gasteiger partial charge on any atom is 2.00 e. The van der Waals surface area contributed by atoms with Crippen molar-refractivity contribution in [3.05, 3.63) is 432 Å². The summed E-state index contributed by atoms with van der Waals surface area (Å²) in [6.07, 6.45) is 9.44. The van der Waals surface area contributed by atoms with Crippen LogP contribution < -0.4 is 0 Å². The maximum atomic E-state index is 4.21. The van der Waals surface area contributed by atoms with Crippen LogP contribution in [0.2, 0.25) is 0 Å². The Morgan fingerprint density at radius 3 is 0.340 bits per heavy atom. The summed E-state index contributed by atoms with van der Waals surface area (Å²) in [7, 11) is 0. The Labute approximate surface area is 631 Å². The van der Waals surface area contributed by atoms with Crippen LogP contribution >= 0.6 is 0 Å². The van der Waals surface area contributed by atoms with Crippen molar-refractivity contribution in [2.75, 3.05) is 0 Å². The molecule has 0 saturated carbocycles. The molecule has 0 aliphatic carbocycles. The number of hydrogen-bond donors (Lipinski definition) is 0. The van der Waals surface area contributed by atoms with Gasteiger partial charge in [-0.1, -0.05) is 438 Å². The first-order valence-electron chi connectivity index (χ1n) is 30.7. The zero-order chi connectivity index (χ0) is 66.3. The fourth-order valence-corrected chi connectivity index (χ4v) is 7.53. The van der Waals surface area contributed by atoms with Gasteiger partial charge in [0, 0.05) is 34.1 Å². The van der Waals surface area contributed by atoms with Gasteiger partial charge in [0.1, 0.15) is 0 Å². The van der Waals surface area contributed by atoms with Crippen molar-refractivity contribution < 1.29 is 68.3 Å². The summed E-state index contributed by atoms with van der Waals surface area (Å²) in [6, 6.07) is 129. The summed E-state index contributed by atoms with van der Waals surface area (Å²) in [4.78, 5) is 25.3. The van der Waals surface area contributed by atoms with E-state index in [1.807, 2.05) is 400 Å². The van der Waals surface area contributed by atoms with Crippen molar-refractivity contribution in [2.45, 2.75) is 0 Å². The summed E-state index contributed by atoms with van der Waals surface area (Å²) >= 11 is 0. The Balaban J connectivity index is 0.000000304. The minimum absolute atomic E-state index is 0. The van der Waals surface area contributed by atoms with Crippen LogP contribution in [0.4, 0.5) is 68.2 Å². The molecule has 0 aromatic heterocycles. The van der Waals surface area contributed by atoms with Gasteiger partial charge in [-0.15, -0.1) is 0 Å². The molecule has 0 radical (unpaired) electrons. The molecule has 0 heterocycles. The molecule has 0 fully saturated rings. The molecular formula is C84H72Fe4N12-2. The molecule has 12 nitrogen and oxygen atoms in total. The Kier molecular flexibility index (Phi) is 46.3. The van der Waals surface area contributed by atoms with E-state index < -0.39 is 0 Å². The van der Waals surface area contributed by atoms with E-state index in [4.69, 9.17) is 0 Å². The molecule has 0 atom stereocenters. The van der Waals surface area contributed by atoms with Gasteiger partial charge in [-0.05, 0) is 68.2 Å². The van der Waals surface area contributed by atoms with E-state index in [1.54, 1.807) is 38.0 Å². The van der Waals surface area contributed by atoms with E-state index in [1.165, 1.54) is 0 Å². The topological polar surface area (TPSA) is 159 Å². The Morgan fingerprint density at radius 1 is 0.140 bits per heavy atom. The average Bonchev–Trinajstić information content (AvgIpc) is 1.90. The molecule has 0 unspecified atom stereocenters. The Bertz CT molecular complexity index is 3470. The van der Waals surface area contributed by atoms with Gasteiger partial charge in [-0.2, -0.15) is 0 Å². The third kappa shape index (κ3) is 39.7. The van der Waals surface area contributed by atoms with Crippen molar-refractivity contribution >= 4 is 106 Å². The van der Waals surface area contributed by atoms with E-state index in [-0.39, 0.29) is 68.3 Å². The second-order valence-electron chi connectivity index (χ2n) is 19.4. The first kappa shape index (κ1) is 83.0. The Morgan fingerprint density at radius 2 is 0.230 bits per heavy atom. The van der Waals surface area contributed by atoms with Crippen LogP contribution in [0.15, 0.2) is 430 Å². The minimum atomic E-state index is 0. The largest absolute Gasteiger partial charge is 2.00 e. The maximum absolute atomic E-state index is 4.21. The van der Waals surface area contributed by atoms with E-state index in [2.05, 4.69) is 61.9 Å². The number of benzene rings is 13. The fourth-order valence-electron chi connectivity index (χ4n) is 7.53. The molecule has 13 rings (SSSR count). The fraction of sp³-hybridized carbons (Fsp3) is 0. The zero-order valence-electron chi connectivity index (χ0n) is 54.3. The third-order valence-electron chi connectivity index (χ3n) is 12.2. The predicted octanol–water partition coefficient (Wildman–Crippen LogP) is 26.0. The molecule has 16 heteroatoms. The Hall–Kier alpha value is -11.2. The van der Waals surface area contributed by atoms with Crippen LogP contribution in [-0.4, -0.2) is 38.0 Å². The van der Waals surface area contributed by atoms with Crippen molar-refractivity contribution in [3.8, 4) is 0 Å². The van der Waals surface area contributed by atoms with Gasteiger partial charge in [-0.25, -0.2) is 0 Å². The van der Waals surface area contributed by atoms with Gasteiger partial charge < -0.3 is 61.9 Å². The summed E-state index contributed by atoms with van der Waals surface area (Å²) in [5.74, 6) is 0. The smallest absolute Gasteiger partial charge is 0.443 e. The van der Waals surface area contributed by atoms with E-state index in [0.717, 1.165) is 68.2 Å². The first-order valence-corrected chi connectivity index (χ1v) is 30.7. The molecule has 0 bridgehead atoms. The molecule has 0 aliphatic heterocycles. The number of rotatable bonds is 18. The van der Waals surface area contributed by atoms with Gasteiger partial charge in [0.2, 0.25) is 0 Å². The first-order chi connectivity index (χ1) is 47.7. The third-order valence-corrected chi connectivity index (χ3v) is 12.2. The standard InChI is InChI=1S/6C13H11N2.C6H6.4Fe/c6*1-3-7-12(8-4-1)14-11-15-13-9-5-2-6-10-13;1-2-4-6-5-3-1;;;;/h6*1-11H;1-6H;;;;/q6*-1;;;;2*+2. The molecule has 13 aromatic rings. The average molecular weight is 1470 g/mol. The van der Waals surface area contributed by atoms with Crippen molar-refractivity contribution in [3.63, 3.8) is 0 Å². The van der Waals surface area contributed by atoms with Gasteiger partial charge in [-0.3, -0.25) is 0 Å². The molecule has 100 heavy (non-hydrogen) atoms. The summed E-state index contributed by atoms with van der Waals surface area (Å²) in [5.41, 5.74) is 11.0. The van der Waals surface area contributed by atoms with Crippen LogP contribution in [0, 0.1) is 0 Å². The van der Waals surface area contributed by atoms with E-state index in [0.29, 0.717) is 0 Å². The molecular weight excluding hydrogens is 1400 g/mol. The molecule has 13 aromatic carbocycles. The van der Waals surface area contributed by atoms with Gasteiger partial charge >= 0.3 is 34.1 Å². The quantitative estimate of drug-likeness (QED) is 0.0455. The second kappa shape index (κ2) is 55.8. The van der Waals surface area contributed by atoms with Crippen LogP contribution in [0.1, 0.15) is 0 Å². The van der Waals surface area contributed by atoms with E-state index in [9.17, 15) is 0 Å². The summed E-state index contributed by atoms with van der Waals surface area (Å²) in [5, 5.41) is 25.3. The molecule has 0 aliphatic rings. The molecule has 0 spiro atoms. The minimum Gasteiger partial charge on any atom is -0.443 e. The van der Waals surface area contributed by atoms with Crippen LogP contribution in [0.5, 0.6) is 0 Å². The van der Waals surface area contributed by atoms with Crippen molar-refractivity contribution in [2.24, 2.45) is 30.0 Å². The van der Waals surface area contributed by atoms with Crippen LogP contribution in [0.3, 0.4) is 0 Å². The monoisotopic (exact) mass is 1470 g/mol. The van der Waals surface area contributed by atoms with Crippen molar-refractivity contribution in [1.29, 1.82) is 0 Å². The number of para-hydroxylation sites is 12. The second-order valence-corrected chi connectivity index (χ2v) is 19.4. The summed E-state index contributed by atoms with van der Waals surface area (Å²) < 4.78 is 0. The number of aliphatic imine (C=N–C) groups is 6. The molecule has 0 amide bonds. The normalized spacial score (nSPS) is 9.84. The van der Waals surface area contributed by atoms with Crippen molar-refractivity contribution in [1.82, 2.24) is 0 Å². The zero-order valence-corrected chi connectivity index (χ0v) is 58.8. The van der Waals surface area contributed by atoms with Crippen LogP contribution in [0.25, 0.3) is 31.9 Å². The molecule has 502 valence electrons. The molecule has 0 saturated heterocycles. The van der Waals surface area contributed by atoms with Gasteiger partial charge in [0.15, 0.2) is 0 Å². The number of hydrogen-bond acceptors (Lipinski definition) is 6. The molecule has 0 N–H and O–H groups in total. The summed E-state index contributed by atoms with van der Waals surface area (Å²) in [6.45, 7) is 0.